The second-order valence-corrected chi connectivity index (χ2v) is 3.26. The van der Waals surface area contributed by atoms with Crippen LogP contribution in [0.3, 0.4) is 0 Å². The molecular weight excluding hydrogens is 144 g/mol. The molecule has 4 heteroatoms. The van der Waals surface area contributed by atoms with Crippen molar-refractivity contribution in [3.63, 3.8) is 0 Å². The van der Waals surface area contributed by atoms with E-state index in [9.17, 15) is 9.90 Å². The summed E-state index contributed by atoms with van der Waals surface area (Å²) in [5, 5.41) is 10.2. The number of hydrogen-bond donors (Lipinski definition) is 2. The Balaban J connectivity index is 2.22. The highest BCUT2D eigenvalue weighted by atomic mass is 16.4. The van der Waals surface area contributed by atoms with Crippen LogP contribution in [0.5, 0.6) is 0 Å². The SMILES string of the molecule is C[NH+]1CC[NH+](CC(=O)[O-])CC1. The minimum atomic E-state index is -0.931. The lowest BCUT2D eigenvalue weighted by molar-refractivity contribution is -1.00. The molecule has 0 aromatic heterocycles. The van der Waals surface area contributed by atoms with Crippen molar-refractivity contribution in [1.29, 1.82) is 0 Å². The summed E-state index contributed by atoms with van der Waals surface area (Å²) in [5.41, 5.74) is 0. The molecule has 1 saturated heterocycles. The molecule has 0 radical (unpaired) electrons. The van der Waals surface area contributed by atoms with Crippen LogP contribution in [0.4, 0.5) is 0 Å². The Morgan fingerprint density at radius 2 is 1.91 bits per heavy atom. The Kier molecular flexibility index (Phi) is 2.84. The molecule has 0 aliphatic carbocycles. The molecule has 0 unspecified atom stereocenters. The summed E-state index contributed by atoms with van der Waals surface area (Å²) in [5.74, 6) is -0.931. The number of quaternary nitrogens is 2. The zero-order chi connectivity index (χ0) is 8.27. The maximum atomic E-state index is 10.2. The van der Waals surface area contributed by atoms with Crippen LogP contribution in [0.1, 0.15) is 0 Å². The van der Waals surface area contributed by atoms with Crippen molar-refractivity contribution in [1.82, 2.24) is 0 Å². The Hall–Kier alpha value is -0.610. The minimum Gasteiger partial charge on any atom is -0.544 e. The maximum absolute atomic E-state index is 10.2. The number of hydrogen-bond acceptors (Lipinski definition) is 2. The first-order valence-electron chi connectivity index (χ1n) is 4.03. The first-order chi connectivity index (χ1) is 5.18. The fourth-order valence-electron chi connectivity index (χ4n) is 1.41. The van der Waals surface area contributed by atoms with Gasteiger partial charge in [-0.1, -0.05) is 0 Å². The van der Waals surface area contributed by atoms with Gasteiger partial charge in [0.05, 0.1) is 13.0 Å². The molecule has 0 amide bonds. The average molecular weight is 159 g/mol. The molecule has 1 rings (SSSR count). The Labute approximate surface area is 66.4 Å². The van der Waals surface area contributed by atoms with Gasteiger partial charge >= 0.3 is 0 Å². The molecule has 4 nitrogen and oxygen atoms in total. The Morgan fingerprint density at radius 1 is 1.36 bits per heavy atom. The minimum absolute atomic E-state index is 0.174. The Morgan fingerprint density at radius 3 is 2.36 bits per heavy atom. The number of carboxylic acids is 1. The van der Waals surface area contributed by atoms with E-state index in [1.807, 2.05) is 0 Å². The lowest BCUT2D eigenvalue weighted by Gasteiger charge is -2.27. The van der Waals surface area contributed by atoms with Gasteiger partial charge in [0, 0.05) is 0 Å². The summed E-state index contributed by atoms with van der Waals surface area (Å²) in [7, 11) is 2.13. The van der Waals surface area contributed by atoms with E-state index in [4.69, 9.17) is 0 Å². The van der Waals surface area contributed by atoms with E-state index < -0.39 is 5.97 Å². The van der Waals surface area contributed by atoms with E-state index in [1.54, 1.807) is 0 Å². The van der Waals surface area contributed by atoms with E-state index in [0.717, 1.165) is 31.1 Å². The normalized spacial score (nSPS) is 31.7. The van der Waals surface area contributed by atoms with Crippen LogP contribution in [0, 0.1) is 0 Å². The second-order valence-electron chi connectivity index (χ2n) is 3.26. The lowest BCUT2D eigenvalue weighted by atomic mass is 10.3. The third-order valence-corrected chi connectivity index (χ3v) is 2.20. The monoisotopic (exact) mass is 159 g/mol. The van der Waals surface area contributed by atoms with Crippen molar-refractivity contribution in [2.45, 2.75) is 0 Å². The first kappa shape index (κ1) is 8.49. The van der Waals surface area contributed by atoms with Crippen LogP contribution in [-0.2, 0) is 4.79 Å². The first-order valence-corrected chi connectivity index (χ1v) is 4.03. The van der Waals surface area contributed by atoms with Gasteiger partial charge < -0.3 is 19.7 Å². The molecule has 0 atom stereocenters. The number of carbonyl (C=O) groups is 1. The van der Waals surface area contributed by atoms with E-state index in [-0.39, 0.29) is 6.54 Å². The van der Waals surface area contributed by atoms with Gasteiger partial charge in [-0.15, -0.1) is 0 Å². The molecule has 0 saturated carbocycles. The summed E-state index contributed by atoms with van der Waals surface area (Å²) in [6, 6.07) is 0. The number of aliphatic carboxylic acids is 1. The highest BCUT2D eigenvalue weighted by Gasteiger charge is 2.19. The largest absolute Gasteiger partial charge is 0.544 e. The van der Waals surface area contributed by atoms with Crippen molar-refractivity contribution in [2.75, 3.05) is 39.8 Å². The summed E-state index contributed by atoms with van der Waals surface area (Å²) in [4.78, 5) is 12.9. The zero-order valence-electron chi connectivity index (χ0n) is 6.85. The molecule has 0 aromatic carbocycles. The lowest BCUT2D eigenvalue weighted by Crippen LogP contribution is -3.27. The fourth-order valence-corrected chi connectivity index (χ4v) is 1.41. The fraction of sp³-hybridized carbons (Fsp3) is 0.857. The molecule has 0 bridgehead atoms. The maximum Gasteiger partial charge on any atom is 0.127 e. The van der Waals surface area contributed by atoms with Crippen LogP contribution < -0.4 is 14.9 Å². The van der Waals surface area contributed by atoms with E-state index >= 15 is 0 Å². The van der Waals surface area contributed by atoms with Gasteiger partial charge in [-0.2, -0.15) is 0 Å². The van der Waals surface area contributed by atoms with E-state index in [1.165, 1.54) is 4.90 Å². The molecule has 1 aliphatic heterocycles. The number of carboxylic acid groups (broad SMARTS) is 1. The van der Waals surface area contributed by atoms with Crippen LogP contribution in [-0.4, -0.2) is 45.7 Å². The topological polar surface area (TPSA) is 49.0 Å². The third-order valence-electron chi connectivity index (χ3n) is 2.20. The van der Waals surface area contributed by atoms with Gasteiger partial charge in [-0.05, 0) is 0 Å². The molecule has 11 heavy (non-hydrogen) atoms. The second kappa shape index (κ2) is 3.69. The number of piperazine rings is 1. The average Bonchev–Trinajstić information content (AvgIpc) is 1.93. The molecule has 1 fully saturated rings. The molecular formula is C7H15N2O2+. The highest BCUT2D eigenvalue weighted by Crippen LogP contribution is 1.56. The van der Waals surface area contributed by atoms with Crippen LogP contribution >= 0.6 is 0 Å². The van der Waals surface area contributed by atoms with Gasteiger partial charge in [0.1, 0.15) is 32.7 Å². The quantitative estimate of drug-likeness (QED) is 0.424. The summed E-state index contributed by atoms with van der Waals surface area (Å²) >= 11 is 0. The predicted octanol–water partition coefficient (Wildman–Crippen LogP) is -4.85. The van der Waals surface area contributed by atoms with Gasteiger partial charge in [-0.3, -0.25) is 0 Å². The van der Waals surface area contributed by atoms with E-state index in [0.29, 0.717) is 0 Å². The molecule has 1 aliphatic rings. The van der Waals surface area contributed by atoms with Crippen LogP contribution in [0.15, 0.2) is 0 Å². The molecule has 0 aromatic rings. The number of carbonyl (C=O) groups excluding carboxylic acids is 1. The standard InChI is InChI=1S/C7H14N2O2/c1-8-2-4-9(5-3-8)6-7(10)11/h2-6H2,1H3,(H,10,11)/p+1. The van der Waals surface area contributed by atoms with Crippen molar-refractivity contribution < 1.29 is 19.7 Å². The highest BCUT2D eigenvalue weighted by molar-refractivity contribution is 5.65. The Bertz CT molecular complexity index is 141. The summed E-state index contributed by atoms with van der Waals surface area (Å²) in [6.45, 7) is 4.23. The van der Waals surface area contributed by atoms with Crippen LogP contribution in [0.25, 0.3) is 0 Å². The summed E-state index contributed by atoms with van der Waals surface area (Å²) in [6.07, 6.45) is 0. The molecule has 0 spiro atoms. The molecule has 2 N–H and O–H groups in total. The van der Waals surface area contributed by atoms with Gasteiger partial charge in [-0.25, -0.2) is 0 Å². The summed E-state index contributed by atoms with van der Waals surface area (Å²) < 4.78 is 0. The third kappa shape index (κ3) is 2.86. The van der Waals surface area contributed by atoms with Gasteiger partial charge in [0.25, 0.3) is 0 Å². The smallest absolute Gasteiger partial charge is 0.127 e. The zero-order valence-corrected chi connectivity index (χ0v) is 6.85. The predicted molar refractivity (Wildman–Crippen MR) is 37.2 cm³/mol. The number of nitrogens with one attached hydrogen (secondary N) is 2. The number of rotatable bonds is 2. The molecule has 1 heterocycles. The van der Waals surface area contributed by atoms with E-state index in [2.05, 4.69) is 7.05 Å². The van der Waals surface area contributed by atoms with Gasteiger partial charge in [0.15, 0.2) is 0 Å². The van der Waals surface area contributed by atoms with Crippen LogP contribution in [0.2, 0.25) is 0 Å². The van der Waals surface area contributed by atoms with Gasteiger partial charge in [0.2, 0.25) is 0 Å². The van der Waals surface area contributed by atoms with Crippen molar-refractivity contribution in [2.24, 2.45) is 0 Å². The van der Waals surface area contributed by atoms with Crippen molar-refractivity contribution >= 4 is 5.97 Å². The molecule has 64 valence electrons. The van der Waals surface area contributed by atoms with Crippen molar-refractivity contribution in [3.05, 3.63) is 0 Å². The number of likely N-dealkylation sites (N-methyl/N-ethyl adjacent to an activating group) is 1. The van der Waals surface area contributed by atoms with Crippen molar-refractivity contribution in [3.8, 4) is 0 Å².